The third-order valence-electron chi connectivity index (χ3n) is 2.43. The Kier molecular flexibility index (Phi) is 3.67. The van der Waals surface area contributed by atoms with Crippen molar-refractivity contribution < 1.29 is 13.5 Å². The maximum atomic E-state index is 13.5. The molecule has 2 rings (SSSR count). The van der Waals surface area contributed by atoms with Crippen molar-refractivity contribution in [1.82, 2.24) is 0 Å². The molecule has 2 aromatic rings. The molecule has 5 heteroatoms. The maximum Gasteiger partial charge on any atom is 0.142 e. The van der Waals surface area contributed by atoms with Crippen molar-refractivity contribution >= 4 is 17.3 Å². The Morgan fingerprint density at radius 3 is 2.56 bits per heavy atom. The van der Waals surface area contributed by atoms with Crippen LogP contribution < -0.4 is 10.5 Å². The van der Waals surface area contributed by atoms with Crippen molar-refractivity contribution in [1.29, 1.82) is 0 Å². The molecular weight excluding hydrogens is 260 g/mol. The highest BCUT2D eigenvalue weighted by Gasteiger charge is 2.08. The van der Waals surface area contributed by atoms with E-state index < -0.39 is 11.6 Å². The van der Waals surface area contributed by atoms with E-state index in [-0.39, 0.29) is 17.2 Å². The molecule has 0 aliphatic carbocycles. The van der Waals surface area contributed by atoms with Gasteiger partial charge in [0.1, 0.15) is 24.0 Å². The summed E-state index contributed by atoms with van der Waals surface area (Å²) in [6, 6.07) is 8.32. The Labute approximate surface area is 108 Å². The fraction of sp³-hybridized carbons (Fsp3) is 0.0769. The average Bonchev–Trinajstić information content (AvgIpc) is 2.33. The molecule has 2 aromatic carbocycles. The Morgan fingerprint density at radius 1 is 1.11 bits per heavy atom. The number of ether oxygens (including phenoxy) is 1. The van der Waals surface area contributed by atoms with E-state index in [4.69, 9.17) is 22.1 Å². The lowest BCUT2D eigenvalue weighted by Crippen LogP contribution is -2.03. The quantitative estimate of drug-likeness (QED) is 0.861. The average molecular weight is 270 g/mol. The van der Waals surface area contributed by atoms with Gasteiger partial charge in [-0.3, -0.25) is 0 Å². The molecule has 0 radical (unpaired) electrons. The van der Waals surface area contributed by atoms with E-state index in [0.29, 0.717) is 11.4 Å². The molecule has 0 heterocycles. The molecule has 0 aliphatic rings. The van der Waals surface area contributed by atoms with E-state index in [1.165, 1.54) is 30.3 Å². The Morgan fingerprint density at radius 2 is 1.89 bits per heavy atom. The maximum absolute atomic E-state index is 13.5. The second-order valence-corrected chi connectivity index (χ2v) is 4.08. The number of hydrogen-bond donors (Lipinski definition) is 1. The summed E-state index contributed by atoms with van der Waals surface area (Å²) < 4.78 is 31.7. The highest BCUT2D eigenvalue weighted by molar-refractivity contribution is 6.30. The SMILES string of the molecule is Nc1cccc(F)c1COc1ccc(F)c(Cl)c1. The Balaban J connectivity index is 2.14. The standard InChI is InChI=1S/C13H10ClF2NO/c14-10-6-8(4-5-12(10)16)18-7-9-11(15)2-1-3-13(9)17/h1-6H,7,17H2. The van der Waals surface area contributed by atoms with E-state index in [9.17, 15) is 8.78 Å². The molecule has 0 aromatic heterocycles. The van der Waals surface area contributed by atoms with Crippen LogP contribution in [0.25, 0.3) is 0 Å². The normalized spacial score (nSPS) is 10.4. The van der Waals surface area contributed by atoms with E-state index in [1.807, 2.05) is 0 Å². The van der Waals surface area contributed by atoms with E-state index >= 15 is 0 Å². The van der Waals surface area contributed by atoms with Gasteiger partial charge in [0.05, 0.1) is 5.02 Å². The summed E-state index contributed by atoms with van der Waals surface area (Å²) in [5.41, 5.74) is 6.20. The van der Waals surface area contributed by atoms with E-state index in [0.717, 1.165) is 0 Å². The number of benzene rings is 2. The summed E-state index contributed by atoms with van der Waals surface area (Å²) in [6.07, 6.45) is 0. The summed E-state index contributed by atoms with van der Waals surface area (Å²) in [5.74, 6) is -0.623. The van der Waals surface area contributed by atoms with Crippen molar-refractivity contribution in [3.05, 3.63) is 58.6 Å². The summed E-state index contributed by atoms with van der Waals surface area (Å²) in [6.45, 7) is -0.0412. The van der Waals surface area contributed by atoms with Gasteiger partial charge in [-0.2, -0.15) is 0 Å². The number of nitrogen functional groups attached to an aromatic ring is 1. The van der Waals surface area contributed by atoms with Crippen molar-refractivity contribution in [3.63, 3.8) is 0 Å². The molecule has 94 valence electrons. The van der Waals surface area contributed by atoms with Crippen LogP contribution in [-0.4, -0.2) is 0 Å². The van der Waals surface area contributed by atoms with Crippen LogP contribution in [0.3, 0.4) is 0 Å². The van der Waals surface area contributed by atoms with Gasteiger partial charge < -0.3 is 10.5 Å². The van der Waals surface area contributed by atoms with Crippen LogP contribution in [-0.2, 0) is 6.61 Å². The molecule has 2 N–H and O–H groups in total. The lowest BCUT2D eigenvalue weighted by atomic mass is 10.2. The van der Waals surface area contributed by atoms with Crippen LogP contribution in [0.4, 0.5) is 14.5 Å². The fourth-order valence-corrected chi connectivity index (χ4v) is 1.62. The van der Waals surface area contributed by atoms with Gasteiger partial charge >= 0.3 is 0 Å². The molecule has 0 aliphatic heterocycles. The van der Waals surface area contributed by atoms with Gasteiger partial charge in [-0.05, 0) is 24.3 Å². The molecule has 0 amide bonds. The third kappa shape index (κ3) is 2.71. The molecular formula is C13H10ClF2NO. The van der Waals surface area contributed by atoms with Gasteiger partial charge in [0, 0.05) is 17.3 Å². The predicted molar refractivity (Wildman–Crippen MR) is 66.6 cm³/mol. The van der Waals surface area contributed by atoms with Gasteiger partial charge in [-0.25, -0.2) is 8.78 Å². The summed E-state index contributed by atoms with van der Waals surface area (Å²) in [7, 11) is 0. The summed E-state index contributed by atoms with van der Waals surface area (Å²) in [4.78, 5) is 0. The number of rotatable bonds is 3. The fourth-order valence-electron chi connectivity index (χ4n) is 1.45. The van der Waals surface area contributed by atoms with Crippen LogP contribution >= 0.6 is 11.6 Å². The lowest BCUT2D eigenvalue weighted by molar-refractivity contribution is 0.300. The molecule has 0 saturated heterocycles. The van der Waals surface area contributed by atoms with E-state index in [2.05, 4.69) is 0 Å². The summed E-state index contributed by atoms with van der Waals surface area (Å²) in [5, 5.41) is -0.0472. The zero-order chi connectivity index (χ0) is 13.1. The minimum Gasteiger partial charge on any atom is -0.489 e. The monoisotopic (exact) mass is 269 g/mol. The number of hydrogen-bond acceptors (Lipinski definition) is 2. The number of anilines is 1. The minimum absolute atomic E-state index is 0.0412. The first-order valence-electron chi connectivity index (χ1n) is 5.18. The summed E-state index contributed by atoms with van der Waals surface area (Å²) >= 11 is 5.60. The third-order valence-corrected chi connectivity index (χ3v) is 2.72. The van der Waals surface area contributed by atoms with Crippen molar-refractivity contribution in [2.24, 2.45) is 0 Å². The highest BCUT2D eigenvalue weighted by atomic mass is 35.5. The second kappa shape index (κ2) is 5.23. The van der Waals surface area contributed by atoms with Crippen LogP contribution in [0.1, 0.15) is 5.56 Å². The first-order chi connectivity index (χ1) is 8.58. The topological polar surface area (TPSA) is 35.2 Å². The van der Waals surface area contributed by atoms with Crippen molar-refractivity contribution in [2.45, 2.75) is 6.61 Å². The lowest BCUT2D eigenvalue weighted by Gasteiger charge is -2.09. The molecule has 0 saturated carbocycles. The number of halogens is 3. The van der Waals surface area contributed by atoms with Gasteiger partial charge in [0.2, 0.25) is 0 Å². The smallest absolute Gasteiger partial charge is 0.142 e. The zero-order valence-electron chi connectivity index (χ0n) is 9.29. The number of nitrogens with two attached hydrogens (primary N) is 1. The molecule has 0 unspecified atom stereocenters. The largest absolute Gasteiger partial charge is 0.489 e. The van der Waals surface area contributed by atoms with Crippen LogP contribution in [0.15, 0.2) is 36.4 Å². The minimum atomic E-state index is -0.533. The Bertz CT molecular complexity index is 555. The zero-order valence-corrected chi connectivity index (χ0v) is 10.0. The van der Waals surface area contributed by atoms with Crippen molar-refractivity contribution in [2.75, 3.05) is 5.73 Å². The van der Waals surface area contributed by atoms with Crippen LogP contribution in [0, 0.1) is 11.6 Å². The molecule has 0 spiro atoms. The van der Waals surface area contributed by atoms with Crippen molar-refractivity contribution in [3.8, 4) is 5.75 Å². The molecule has 0 atom stereocenters. The first-order valence-corrected chi connectivity index (χ1v) is 5.56. The molecule has 0 bridgehead atoms. The highest BCUT2D eigenvalue weighted by Crippen LogP contribution is 2.23. The first kappa shape index (κ1) is 12.6. The van der Waals surface area contributed by atoms with Gasteiger partial charge in [-0.15, -0.1) is 0 Å². The predicted octanol–water partition coefficient (Wildman–Crippen LogP) is 3.78. The van der Waals surface area contributed by atoms with Gasteiger partial charge in [0.25, 0.3) is 0 Å². The molecule has 2 nitrogen and oxygen atoms in total. The van der Waals surface area contributed by atoms with Crippen LogP contribution in [0.5, 0.6) is 5.75 Å². The van der Waals surface area contributed by atoms with Gasteiger partial charge in [0.15, 0.2) is 0 Å². The van der Waals surface area contributed by atoms with Gasteiger partial charge in [-0.1, -0.05) is 17.7 Å². The molecule has 18 heavy (non-hydrogen) atoms. The van der Waals surface area contributed by atoms with Crippen LogP contribution in [0.2, 0.25) is 5.02 Å². The second-order valence-electron chi connectivity index (χ2n) is 3.67. The molecule has 0 fully saturated rings. The Hall–Kier alpha value is -1.81. The van der Waals surface area contributed by atoms with E-state index in [1.54, 1.807) is 6.07 Å².